The van der Waals surface area contributed by atoms with Gasteiger partial charge in [-0.2, -0.15) is 11.8 Å². The van der Waals surface area contributed by atoms with Crippen LogP contribution in [-0.2, 0) is 4.79 Å². The predicted octanol–water partition coefficient (Wildman–Crippen LogP) is 3.78. The Kier molecular flexibility index (Phi) is 7.58. The number of halogens is 1. The predicted molar refractivity (Wildman–Crippen MR) is 108 cm³/mol. The summed E-state index contributed by atoms with van der Waals surface area (Å²) in [7, 11) is 0. The standard InChI is InChI=1S/C18H19IN2O2S/c1-24-11-10-16(21-17(22)13-6-3-2-4-7-13)18(23)20-15-9-5-8-14(19)12-15/h2-9,12,16H,10-11H2,1H3,(H,20,23)(H,21,22). The molecule has 2 aromatic rings. The molecule has 6 heteroatoms. The van der Waals surface area contributed by atoms with Crippen molar-refractivity contribution in [3.05, 3.63) is 63.7 Å². The van der Waals surface area contributed by atoms with Gasteiger partial charge in [-0.05, 0) is 71.4 Å². The first-order chi connectivity index (χ1) is 11.6. The molecule has 24 heavy (non-hydrogen) atoms. The molecule has 2 rings (SSSR count). The summed E-state index contributed by atoms with van der Waals surface area (Å²) >= 11 is 3.84. The fourth-order valence-electron chi connectivity index (χ4n) is 2.13. The van der Waals surface area contributed by atoms with Crippen molar-refractivity contribution in [1.82, 2.24) is 5.32 Å². The average molecular weight is 454 g/mol. The molecule has 2 amide bonds. The van der Waals surface area contributed by atoms with E-state index in [1.807, 2.05) is 36.6 Å². The first-order valence-electron chi connectivity index (χ1n) is 7.51. The first-order valence-corrected chi connectivity index (χ1v) is 9.98. The quantitative estimate of drug-likeness (QED) is 0.627. The summed E-state index contributed by atoms with van der Waals surface area (Å²) in [6.45, 7) is 0. The number of anilines is 1. The van der Waals surface area contributed by atoms with Crippen molar-refractivity contribution < 1.29 is 9.59 Å². The highest BCUT2D eigenvalue weighted by Gasteiger charge is 2.21. The number of hydrogen-bond acceptors (Lipinski definition) is 3. The number of carbonyl (C=O) groups excluding carboxylic acids is 2. The van der Waals surface area contributed by atoms with Gasteiger partial charge in [0, 0.05) is 14.8 Å². The molecule has 0 aliphatic carbocycles. The maximum Gasteiger partial charge on any atom is 0.251 e. The van der Waals surface area contributed by atoms with Crippen molar-refractivity contribution in [2.75, 3.05) is 17.3 Å². The summed E-state index contributed by atoms with van der Waals surface area (Å²) in [5.74, 6) is 0.356. The lowest BCUT2D eigenvalue weighted by atomic mass is 10.1. The highest BCUT2D eigenvalue weighted by Crippen LogP contribution is 2.13. The second-order valence-electron chi connectivity index (χ2n) is 5.17. The van der Waals surface area contributed by atoms with E-state index in [9.17, 15) is 9.59 Å². The Balaban J connectivity index is 2.06. The molecule has 0 aliphatic rings. The molecule has 126 valence electrons. The van der Waals surface area contributed by atoms with Crippen LogP contribution in [0.1, 0.15) is 16.8 Å². The minimum absolute atomic E-state index is 0.199. The minimum atomic E-state index is -0.567. The maximum absolute atomic E-state index is 12.6. The van der Waals surface area contributed by atoms with Gasteiger partial charge in [-0.25, -0.2) is 0 Å². The molecule has 0 aromatic heterocycles. The number of benzene rings is 2. The van der Waals surface area contributed by atoms with Crippen molar-refractivity contribution in [3.8, 4) is 0 Å². The summed E-state index contributed by atoms with van der Waals surface area (Å²) in [5, 5.41) is 5.72. The molecular weight excluding hydrogens is 435 g/mol. The zero-order chi connectivity index (χ0) is 17.4. The molecular formula is C18H19IN2O2S. The molecule has 0 heterocycles. The third kappa shape index (κ3) is 5.83. The Hall–Kier alpha value is -1.54. The molecule has 2 aromatic carbocycles. The van der Waals surface area contributed by atoms with Crippen LogP contribution in [0.15, 0.2) is 54.6 Å². The summed E-state index contributed by atoms with van der Waals surface area (Å²) in [6, 6.07) is 15.9. The van der Waals surface area contributed by atoms with Crippen molar-refractivity contribution in [2.24, 2.45) is 0 Å². The van der Waals surface area contributed by atoms with Gasteiger partial charge in [0.05, 0.1) is 0 Å². The Bertz CT molecular complexity index is 694. The molecule has 1 unspecified atom stereocenters. The van der Waals surface area contributed by atoms with Crippen LogP contribution < -0.4 is 10.6 Å². The number of amides is 2. The number of nitrogens with one attached hydrogen (secondary N) is 2. The van der Waals surface area contributed by atoms with Crippen LogP contribution in [0.3, 0.4) is 0 Å². The molecule has 0 radical (unpaired) electrons. The van der Waals surface area contributed by atoms with E-state index in [4.69, 9.17) is 0 Å². The van der Waals surface area contributed by atoms with Gasteiger partial charge in [-0.3, -0.25) is 9.59 Å². The van der Waals surface area contributed by atoms with E-state index in [1.165, 1.54) is 0 Å². The van der Waals surface area contributed by atoms with Gasteiger partial charge in [0.25, 0.3) is 5.91 Å². The minimum Gasteiger partial charge on any atom is -0.340 e. The lowest BCUT2D eigenvalue weighted by molar-refractivity contribution is -0.118. The third-order valence-corrected chi connectivity index (χ3v) is 4.68. The molecule has 0 fully saturated rings. The summed E-state index contributed by atoms with van der Waals surface area (Å²) in [5.41, 5.74) is 1.28. The van der Waals surface area contributed by atoms with Gasteiger partial charge in [-0.1, -0.05) is 24.3 Å². The largest absolute Gasteiger partial charge is 0.340 e. The highest BCUT2D eigenvalue weighted by atomic mass is 127. The fraction of sp³-hybridized carbons (Fsp3) is 0.222. The van der Waals surface area contributed by atoms with Gasteiger partial charge in [0.2, 0.25) is 5.91 Å². The van der Waals surface area contributed by atoms with Gasteiger partial charge < -0.3 is 10.6 Å². The normalized spacial score (nSPS) is 11.6. The zero-order valence-electron chi connectivity index (χ0n) is 13.3. The van der Waals surface area contributed by atoms with Crippen LogP contribution in [-0.4, -0.2) is 29.9 Å². The van der Waals surface area contributed by atoms with Crippen LogP contribution in [0.4, 0.5) is 5.69 Å². The van der Waals surface area contributed by atoms with E-state index in [-0.39, 0.29) is 11.8 Å². The van der Waals surface area contributed by atoms with Crippen LogP contribution in [0.5, 0.6) is 0 Å². The molecule has 0 aliphatic heterocycles. The van der Waals surface area contributed by atoms with E-state index in [2.05, 4.69) is 33.2 Å². The molecule has 1 atom stereocenters. The third-order valence-electron chi connectivity index (χ3n) is 3.36. The summed E-state index contributed by atoms with van der Waals surface area (Å²) < 4.78 is 1.04. The van der Waals surface area contributed by atoms with Gasteiger partial charge >= 0.3 is 0 Å². The molecule has 2 N–H and O–H groups in total. The molecule has 0 bridgehead atoms. The van der Waals surface area contributed by atoms with E-state index in [0.29, 0.717) is 12.0 Å². The molecule has 0 saturated carbocycles. The monoisotopic (exact) mass is 454 g/mol. The van der Waals surface area contributed by atoms with Gasteiger partial charge in [-0.15, -0.1) is 0 Å². The molecule has 0 spiro atoms. The summed E-state index contributed by atoms with van der Waals surface area (Å²) in [4.78, 5) is 24.9. The fourth-order valence-corrected chi connectivity index (χ4v) is 3.15. The summed E-state index contributed by atoms with van der Waals surface area (Å²) in [6.07, 6.45) is 2.56. The van der Waals surface area contributed by atoms with E-state index >= 15 is 0 Å². The van der Waals surface area contributed by atoms with Gasteiger partial charge in [0.15, 0.2) is 0 Å². The Morgan fingerprint density at radius 1 is 1.12 bits per heavy atom. The maximum atomic E-state index is 12.6. The second-order valence-corrected chi connectivity index (χ2v) is 7.40. The zero-order valence-corrected chi connectivity index (χ0v) is 16.3. The lowest BCUT2D eigenvalue weighted by Crippen LogP contribution is -2.44. The van der Waals surface area contributed by atoms with Crippen LogP contribution in [0, 0.1) is 3.57 Å². The smallest absolute Gasteiger partial charge is 0.251 e. The molecule has 4 nitrogen and oxygen atoms in total. The number of rotatable bonds is 7. The average Bonchev–Trinajstić information content (AvgIpc) is 2.59. The van der Waals surface area contributed by atoms with Crippen molar-refractivity contribution in [2.45, 2.75) is 12.5 Å². The first kappa shape index (κ1) is 18.8. The molecule has 0 saturated heterocycles. The topological polar surface area (TPSA) is 58.2 Å². The van der Waals surface area contributed by atoms with E-state index in [1.54, 1.807) is 36.0 Å². The Morgan fingerprint density at radius 2 is 1.88 bits per heavy atom. The Morgan fingerprint density at radius 3 is 2.54 bits per heavy atom. The number of hydrogen-bond donors (Lipinski definition) is 2. The van der Waals surface area contributed by atoms with Crippen molar-refractivity contribution in [3.63, 3.8) is 0 Å². The van der Waals surface area contributed by atoms with Crippen LogP contribution in [0.25, 0.3) is 0 Å². The van der Waals surface area contributed by atoms with Crippen LogP contribution >= 0.6 is 34.4 Å². The van der Waals surface area contributed by atoms with Crippen molar-refractivity contribution in [1.29, 1.82) is 0 Å². The van der Waals surface area contributed by atoms with Crippen molar-refractivity contribution >= 4 is 51.9 Å². The van der Waals surface area contributed by atoms with Crippen LogP contribution in [0.2, 0.25) is 0 Å². The van der Waals surface area contributed by atoms with Gasteiger partial charge in [0.1, 0.15) is 6.04 Å². The lowest BCUT2D eigenvalue weighted by Gasteiger charge is -2.18. The number of thioether (sulfide) groups is 1. The SMILES string of the molecule is CSCCC(NC(=O)c1ccccc1)C(=O)Nc1cccc(I)c1. The van der Waals surface area contributed by atoms with E-state index in [0.717, 1.165) is 15.0 Å². The number of carbonyl (C=O) groups is 2. The second kappa shape index (κ2) is 9.68. The Labute approximate surface area is 159 Å². The highest BCUT2D eigenvalue weighted by molar-refractivity contribution is 14.1. The van der Waals surface area contributed by atoms with E-state index < -0.39 is 6.04 Å².